The molecule has 0 bridgehead atoms. The van der Waals surface area contributed by atoms with E-state index in [-0.39, 0.29) is 17.2 Å². The zero-order chi connectivity index (χ0) is 19.7. The zero-order valence-electron chi connectivity index (χ0n) is 15.4. The summed E-state index contributed by atoms with van der Waals surface area (Å²) in [5.74, 6) is 0.635. The van der Waals surface area contributed by atoms with Crippen molar-refractivity contribution in [3.63, 3.8) is 0 Å². The molecule has 0 saturated carbocycles. The summed E-state index contributed by atoms with van der Waals surface area (Å²) >= 11 is 5.40. The number of Topliss-reactive ketones (excluding diaryl/α,β-unsaturated/α-hetero) is 1. The van der Waals surface area contributed by atoms with Gasteiger partial charge in [0.1, 0.15) is 0 Å². The molecule has 1 aliphatic heterocycles. The molecular formula is C18H21N3O5S. The normalized spacial score (nSPS) is 19.5. The van der Waals surface area contributed by atoms with E-state index in [4.69, 9.17) is 21.7 Å². The number of nitro benzene ring substituents is 1. The molecule has 144 valence electrons. The maximum Gasteiger partial charge on any atom is 0.279 e. The van der Waals surface area contributed by atoms with Crippen molar-refractivity contribution < 1.29 is 19.2 Å². The van der Waals surface area contributed by atoms with Gasteiger partial charge in [0.15, 0.2) is 22.4 Å². The van der Waals surface area contributed by atoms with Gasteiger partial charge in [-0.2, -0.15) is 0 Å². The number of ether oxygens (including phenoxy) is 2. The highest BCUT2D eigenvalue weighted by Crippen LogP contribution is 2.43. The first-order valence-electron chi connectivity index (χ1n) is 8.68. The third-order valence-electron chi connectivity index (χ3n) is 4.82. The van der Waals surface area contributed by atoms with Crippen LogP contribution < -0.4 is 14.8 Å². The predicted molar refractivity (Wildman–Crippen MR) is 103 cm³/mol. The second-order valence-corrected chi connectivity index (χ2v) is 6.72. The molecule has 0 aromatic heterocycles. The standard InChI is InChI=1S/C18H21N3O5S/c1-4-26-15-8-10(12(21(23)24)9-14(15)25-3)17-16-11(6-5-7-13(16)22)20(2)18(27)19-17/h8-9,17H,4-7H2,1-3H3,(H,19,27). The number of nitro groups is 1. The summed E-state index contributed by atoms with van der Waals surface area (Å²) in [4.78, 5) is 25.7. The van der Waals surface area contributed by atoms with Crippen LogP contribution in [0.15, 0.2) is 23.4 Å². The number of allylic oxidation sites excluding steroid dienone is 1. The van der Waals surface area contributed by atoms with Gasteiger partial charge in [-0.15, -0.1) is 0 Å². The lowest BCUT2D eigenvalue weighted by atomic mass is 9.84. The van der Waals surface area contributed by atoms with Gasteiger partial charge >= 0.3 is 0 Å². The number of benzene rings is 1. The minimum Gasteiger partial charge on any atom is -0.493 e. The van der Waals surface area contributed by atoms with Crippen molar-refractivity contribution in [2.45, 2.75) is 32.2 Å². The molecule has 0 spiro atoms. The monoisotopic (exact) mass is 391 g/mol. The maximum atomic E-state index is 12.7. The largest absolute Gasteiger partial charge is 0.493 e. The quantitative estimate of drug-likeness (QED) is 0.465. The van der Waals surface area contributed by atoms with Crippen LogP contribution in [0.1, 0.15) is 37.8 Å². The minimum atomic E-state index is -0.693. The lowest BCUT2D eigenvalue weighted by Gasteiger charge is -2.38. The Labute approximate surface area is 162 Å². The van der Waals surface area contributed by atoms with Crippen molar-refractivity contribution >= 4 is 28.8 Å². The van der Waals surface area contributed by atoms with Gasteiger partial charge in [0.25, 0.3) is 5.69 Å². The summed E-state index contributed by atoms with van der Waals surface area (Å²) < 4.78 is 10.8. The van der Waals surface area contributed by atoms with Crippen LogP contribution in [0.4, 0.5) is 5.69 Å². The number of nitrogens with zero attached hydrogens (tertiary/aromatic N) is 2. The smallest absolute Gasteiger partial charge is 0.279 e. The van der Waals surface area contributed by atoms with Crippen LogP contribution in [-0.4, -0.2) is 41.5 Å². The Bertz CT molecular complexity index is 852. The first-order valence-corrected chi connectivity index (χ1v) is 9.09. The topological polar surface area (TPSA) is 93.9 Å². The van der Waals surface area contributed by atoms with E-state index < -0.39 is 11.0 Å². The molecule has 1 unspecified atom stereocenters. The van der Waals surface area contributed by atoms with Crippen LogP contribution in [0.2, 0.25) is 0 Å². The van der Waals surface area contributed by atoms with Gasteiger partial charge < -0.3 is 19.7 Å². The van der Waals surface area contributed by atoms with Gasteiger partial charge in [-0.05, 0) is 38.0 Å². The van der Waals surface area contributed by atoms with Gasteiger partial charge in [-0.3, -0.25) is 14.9 Å². The van der Waals surface area contributed by atoms with Crippen molar-refractivity contribution in [1.29, 1.82) is 0 Å². The lowest BCUT2D eigenvalue weighted by molar-refractivity contribution is -0.385. The number of nitrogens with one attached hydrogen (secondary N) is 1. The average Bonchev–Trinajstić information content (AvgIpc) is 2.64. The highest BCUT2D eigenvalue weighted by atomic mass is 32.1. The van der Waals surface area contributed by atoms with Crippen molar-refractivity contribution in [3.05, 3.63) is 39.1 Å². The summed E-state index contributed by atoms with van der Waals surface area (Å²) in [6.45, 7) is 2.19. The van der Waals surface area contributed by atoms with E-state index in [1.807, 2.05) is 6.92 Å². The van der Waals surface area contributed by atoms with E-state index >= 15 is 0 Å². The maximum absolute atomic E-state index is 12.7. The number of hydrogen-bond acceptors (Lipinski definition) is 6. The van der Waals surface area contributed by atoms with Crippen LogP contribution in [0.3, 0.4) is 0 Å². The van der Waals surface area contributed by atoms with Crippen molar-refractivity contribution in [1.82, 2.24) is 10.2 Å². The first-order chi connectivity index (χ1) is 12.9. The van der Waals surface area contributed by atoms with E-state index in [0.29, 0.717) is 41.4 Å². The molecular weight excluding hydrogens is 370 g/mol. The van der Waals surface area contributed by atoms with Crippen molar-refractivity contribution in [3.8, 4) is 11.5 Å². The molecule has 9 heteroatoms. The van der Waals surface area contributed by atoms with E-state index in [1.165, 1.54) is 13.2 Å². The van der Waals surface area contributed by atoms with E-state index in [2.05, 4.69) is 5.32 Å². The lowest BCUT2D eigenvalue weighted by Crippen LogP contribution is -2.47. The molecule has 1 aromatic carbocycles. The number of ketones is 1. The van der Waals surface area contributed by atoms with E-state index in [9.17, 15) is 14.9 Å². The third-order valence-corrected chi connectivity index (χ3v) is 5.21. The molecule has 1 aromatic rings. The Hall–Kier alpha value is -2.68. The highest BCUT2D eigenvalue weighted by Gasteiger charge is 2.39. The molecule has 0 saturated heterocycles. The second-order valence-electron chi connectivity index (χ2n) is 6.33. The molecule has 2 aliphatic rings. The molecule has 8 nitrogen and oxygen atoms in total. The Balaban J connectivity index is 2.23. The zero-order valence-corrected chi connectivity index (χ0v) is 16.2. The van der Waals surface area contributed by atoms with Gasteiger partial charge in [-0.25, -0.2) is 0 Å². The Kier molecular flexibility index (Phi) is 5.31. The van der Waals surface area contributed by atoms with Crippen LogP contribution in [0, 0.1) is 10.1 Å². The number of carbonyl (C=O) groups is 1. The predicted octanol–water partition coefficient (Wildman–Crippen LogP) is 2.87. The molecule has 0 amide bonds. The van der Waals surface area contributed by atoms with Crippen LogP contribution in [-0.2, 0) is 4.79 Å². The van der Waals surface area contributed by atoms with Crippen molar-refractivity contribution in [2.75, 3.05) is 20.8 Å². The van der Waals surface area contributed by atoms with Crippen LogP contribution in [0.5, 0.6) is 11.5 Å². The molecule has 1 N–H and O–H groups in total. The van der Waals surface area contributed by atoms with E-state index in [1.54, 1.807) is 18.0 Å². The Morgan fingerprint density at radius 2 is 2.11 bits per heavy atom. The molecule has 0 fully saturated rings. The SMILES string of the molecule is CCOc1cc(C2NC(=S)N(C)C3=C2C(=O)CCC3)c([N+](=O)[O-])cc1OC. The average molecular weight is 391 g/mol. The molecule has 3 rings (SSSR count). The van der Waals surface area contributed by atoms with Crippen LogP contribution in [0.25, 0.3) is 0 Å². The molecule has 1 aliphatic carbocycles. The Morgan fingerprint density at radius 1 is 1.37 bits per heavy atom. The first kappa shape index (κ1) is 19.1. The van der Waals surface area contributed by atoms with E-state index in [0.717, 1.165) is 12.1 Å². The van der Waals surface area contributed by atoms with Gasteiger partial charge in [0, 0.05) is 24.7 Å². The van der Waals surface area contributed by atoms with Gasteiger partial charge in [0.05, 0.1) is 36.3 Å². The van der Waals surface area contributed by atoms with Crippen molar-refractivity contribution in [2.24, 2.45) is 0 Å². The third kappa shape index (κ3) is 3.34. The fourth-order valence-electron chi connectivity index (χ4n) is 3.55. The molecule has 1 atom stereocenters. The summed E-state index contributed by atoms with van der Waals surface area (Å²) in [5, 5.41) is 15.2. The fourth-order valence-corrected chi connectivity index (χ4v) is 3.78. The summed E-state index contributed by atoms with van der Waals surface area (Å²) in [6, 6.07) is 2.21. The summed E-state index contributed by atoms with van der Waals surface area (Å²) in [5.41, 5.74) is 1.55. The Morgan fingerprint density at radius 3 is 2.74 bits per heavy atom. The number of rotatable bonds is 5. The number of carbonyl (C=O) groups excluding carboxylic acids is 1. The number of thiocarbonyl (C=S) groups is 1. The highest BCUT2D eigenvalue weighted by molar-refractivity contribution is 7.80. The summed E-state index contributed by atoms with van der Waals surface area (Å²) in [6.07, 6.45) is 1.87. The molecule has 0 radical (unpaired) electrons. The minimum absolute atomic E-state index is 0.0221. The number of hydrogen-bond donors (Lipinski definition) is 1. The number of methoxy groups -OCH3 is 1. The molecule has 27 heavy (non-hydrogen) atoms. The molecule has 1 heterocycles. The van der Waals surface area contributed by atoms with Gasteiger partial charge in [0.2, 0.25) is 0 Å². The van der Waals surface area contributed by atoms with Gasteiger partial charge in [-0.1, -0.05) is 0 Å². The summed E-state index contributed by atoms with van der Waals surface area (Å²) in [7, 11) is 3.23. The second kappa shape index (κ2) is 7.51. The fraction of sp³-hybridized carbons (Fsp3) is 0.444. The van der Waals surface area contributed by atoms with Crippen LogP contribution >= 0.6 is 12.2 Å².